The van der Waals surface area contributed by atoms with E-state index in [1.165, 1.54) is 18.2 Å². The molecule has 0 radical (unpaired) electrons. The first-order valence-corrected chi connectivity index (χ1v) is 6.78. The highest BCUT2D eigenvalue weighted by Crippen LogP contribution is 2.20. The summed E-state index contributed by atoms with van der Waals surface area (Å²) in [5, 5.41) is 4.45. The Balaban J connectivity index is 2.08. The van der Waals surface area contributed by atoms with Crippen LogP contribution in [-0.4, -0.2) is 19.1 Å². The van der Waals surface area contributed by atoms with Gasteiger partial charge in [-0.25, -0.2) is 22.8 Å². The molecule has 2 aromatic rings. The number of anilines is 1. The van der Waals surface area contributed by atoms with E-state index in [1.807, 2.05) is 0 Å². The Morgan fingerprint density at radius 1 is 1.04 bits per heavy atom. The summed E-state index contributed by atoms with van der Waals surface area (Å²) < 4.78 is 45.0. The predicted molar refractivity (Wildman–Crippen MR) is 80.0 cm³/mol. The van der Waals surface area contributed by atoms with Gasteiger partial charge >= 0.3 is 12.0 Å². The number of urea groups is 1. The Hall–Kier alpha value is -3.03. The molecule has 0 fully saturated rings. The summed E-state index contributed by atoms with van der Waals surface area (Å²) in [4.78, 5) is 23.1. The van der Waals surface area contributed by atoms with E-state index < -0.39 is 40.7 Å². The number of carbonyl (C=O) groups excluding carboxylic acids is 2. The van der Waals surface area contributed by atoms with Crippen molar-refractivity contribution in [2.75, 3.05) is 12.4 Å². The summed E-state index contributed by atoms with van der Waals surface area (Å²) >= 11 is 0. The minimum atomic E-state index is -1.11. The number of hydrogen-bond acceptors (Lipinski definition) is 3. The maximum Gasteiger partial charge on any atom is 0.340 e. The molecule has 8 heteroatoms. The van der Waals surface area contributed by atoms with E-state index >= 15 is 0 Å². The van der Waals surface area contributed by atoms with E-state index in [0.717, 1.165) is 13.2 Å². The number of hydrogen-bond donors (Lipinski definition) is 2. The number of carbonyl (C=O) groups is 2. The minimum absolute atomic E-state index is 0.134. The van der Waals surface area contributed by atoms with Gasteiger partial charge in [0.25, 0.3) is 0 Å². The second-order valence-electron chi connectivity index (χ2n) is 4.70. The molecule has 0 saturated heterocycles. The van der Waals surface area contributed by atoms with Crippen LogP contribution >= 0.6 is 0 Å². The maximum absolute atomic E-state index is 13.7. The molecule has 126 valence electrons. The lowest BCUT2D eigenvalue weighted by Crippen LogP contribution is -2.29. The van der Waals surface area contributed by atoms with Crippen LogP contribution in [0, 0.1) is 17.5 Å². The number of rotatable bonds is 4. The highest BCUT2D eigenvalue weighted by molar-refractivity contribution is 5.94. The molecule has 0 aliphatic carbocycles. The van der Waals surface area contributed by atoms with Crippen LogP contribution in [0.15, 0.2) is 36.4 Å². The number of ether oxygens (including phenoxy) is 1. The molecule has 0 heterocycles. The van der Waals surface area contributed by atoms with E-state index in [4.69, 9.17) is 0 Å². The molecule has 0 bridgehead atoms. The van der Waals surface area contributed by atoms with Crippen LogP contribution in [0.2, 0.25) is 0 Å². The fourth-order valence-corrected chi connectivity index (χ4v) is 1.89. The van der Waals surface area contributed by atoms with Crippen molar-refractivity contribution in [3.63, 3.8) is 0 Å². The normalized spacial score (nSPS) is 10.2. The standard InChI is InChI=1S/C16H13F3N2O3/c1-24-15(22)10-6-14(13(19)7-12(10)18)21-16(23)20-8-9-4-2-3-5-11(9)17/h2-7H,8H2,1H3,(H2,20,21,23). The Morgan fingerprint density at radius 2 is 1.75 bits per heavy atom. The molecule has 2 N–H and O–H groups in total. The number of benzene rings is 2. The molecule has 0 aliphatic rings. The van der Waals surface area contributed by atoms with Crippen molar-refractivity contribution in [2.24, 2.45) is 0 Å². The lowest BCUT2D eigenvalue weighted by atomic mass is 10.2. The molecule has 0 spiro atoms. The lowest BCUT2D eigenvalue weighted by Gasteiger charge is -2.10. The largest absolute Gasteiger partial charge is 0.465 e. The lowest BCUT2D eigenvalue weighted by molar-refractivity contribution is 0.0595. The minimum Gasteiger partial charge on any atom is -0.465 e. The zero-order valence-corrected chi connectivity index (χ0v) is 12.5. The second kappa shape index (κ2) is 7.49. The summed E-state index contributed by atoms with van der Waals surface area (Å²) in [5.74, 6) is -3.70. The topological polar surface area (TPSA) is 67.4 Å². The molecular formula is C16H13F3N2O3. The quantitative estimate of drug-likeness (QED) is 0.841. The predicted octanol–water partition coefficient (Wildman–Crippen LogP) is 3.21. The Labute approximate surface area is 135 Å². The van der Waals surface area contributed by atoms with Crippen LogP contribution < -0.4 is 10.6 Å². The summed E-state index contributed by atoms with van der Waals surface area (Å²) in [5.41, 5.74) is -0.700. The van der Waals surface area contributed by atoms with Gasteiger partial charge < -0.3 is 15.4 Å². The first kappa shape index (κ1) is 17.3. The number of methoxy groups -OCH3 is 1. The van der Waals surface area contributed by atoms with Crippen LogP contribution in [0.25, 0.3) is 0 Å². The monoisotopic (exact) mass is 338 g/mol. The van der Waals surface area contributed by atoms with Crippen molar-refractivity contribution in [1.82, 2.24) is 5.32 Å². The van der Waals surface area contributed by atoms with Crippen LogP contribution in [0.4, 0.5) is 23.7 Å². The van der Waals surface area contributed by atoms with Crippen molar-refractivity contribution in [2.45, 2.75) is 6.54 Å². The Morgan fingerprint density at radius 3 is 2.42 bits per heavy atom. The van der Waals surface area contributed by atoms with E-state index in [2.05, 4.69) is 15.4 Å². The van der Waals surface area contributed by atoms with Gasteiger partial charge in [0.15, 0.2) is 0 Å². The molecule has 2 rings (SSSR count). The molecule has 2 amide bonds. The van der Waals surface area contributed by atoms with E-state index in [9.17, 15) is 22.8 Å². The molecule has 5 nitrogen and oxygen atoms in total. The molecule has 0 aromatic heterocycles. The van der Waals surface area contributed by atoms with E-state index in [-0.39, 0.29) is 12.1 Å². The van der Waals surface area contributed by atoms with Crippen molar-refractivity contribution >= 4 is 17.7 Å². The number of esters is 1. The summed E-state index contributed by atoms with van der Waals surface area (Å²) in [6, 6.07) is 6.24. The highest BCUT2D eigenvalue weighted by Gasteiger charge is 2.17. The average molecular weight is 338 g/mol. The van der Waals surface area contributed by atoms with E-state index in [1.54, 1.807) is 6.07 Å². The van der Waals surface area contributed by atoms with Gasteiger partial charge in [-0.05, 0) is 12.1 Å². The molecular weight excluding hydrogens is 325 g/mol. The fourth-order valence-electron chi connectivity index (χ4n) is 1.89. The molecule has 2 aromatic carbocycles. The van der Waals surface area contributed by atoms with Crippen LogP contribution in [0.1, 0.15) is 15.9 Å². The van der Waals surface area contributed by atoms with Gasteiger partial charge in [-0.15, -0.1) is 0 Å². The van der Waals surface area contributed by atoms with Gasteiger partial charge in [0.1, 0.15) is 17.5 Å². The van der Waals surface area contributed by atoms with Crippen molar-refractivity contribution in [3.05, 3.63) is 65.0 Å². The first-order valence-electron chi connectivity index (χ1n) is 6.78. The van der Waals surface area contributed by atoms with Crippen LogP contribution in [0.3, 0.4) is 0 Å². The van der Waals surface area contributed by atoms with Gasteiger partial charge in [-0.2, -0.15) is 0 Å². The third-order valence-electron chi connectivity index (χ3n) is 3.11. The zero-order valence-electron chi connectivity index (χ0n) is 12.5. The third kappa shape index (κ3) is 4.03. The second-order valence-corrected chi connectivity index (χ2v) is 4.70. The number of halogens is 3. The van der Waals surface area contributed by atoms with Gasteiger partial charge in [0, 0.05) is 18.2 Å². The van der Waals surface area contributed by atoms with Gasteiger partial charge in [0.05, 0.1) is 18.4 Å². The van der Waals surface area contributed by atoms with Crippen molar-refractivity contribution in [3.8, 4) is 0 Å². The fraction of sp³-hybridized carbons (Fsp3) is 0.125. The Kier molecular flexibility index (Phi) is 5.41. The number of amides is 2. The van der Waals surface area contributed by atoms with E-state index in [0.29, 0.717) is 6.07 Å². The van der Waals surface area contributed by atoms with Gasteiger partial charge in [-0.1, -0.05) is 18.2 Å². The molecule has 0 aliphatic heterocycles. The summed E-state index contributed by atoms with van der Waals surface area (Å²) in [6.07, 6.45) is 0. The average Bonchev–Trinajstić information content (AvgIpc) is 2.56. The molecule has 0 unspecified atom stereocenters. The first-order chi connectivity index (χ1) is 11.4. The van der Waals surface area contributed by atoms with Crippen LogP contribution in [0.5, 0.6) is 0 Å². The highest BCUT2D eigenvalue weighted by atomic mass is 19.1. The number of nitrogens with one attached hydrogen (secondary N) is 2. The molecule has 24 heavy (non-hydrogen) atoms. The maximum atomic E-state index is 13.7. The van der Waals surface area contributed by atoms with Crippen molar-refractivity contribution in [1.29, 1.82) is 0 Å². The molecule has 0 atom stereocenters. The molecule has 0 saturated carbocycles. The van der Waals surface area contributed by atoms with Crippen LogP contribution in [-0.2, 0) is 11.3 Å². The smallest absolute Gasteiger partial charge is 0.340 e. The summed E-state index contributed by atoms with van der Waals surface area (Å²) in [7, 11) is 1.04. The third-order valence-corrected chi connectivity index (χ3v) is 3.11. The summed E-state index contributed by atoms with van der Waals surface area (Å²) in [6.45, 7) is -0.134. The Bertz CT molecular complexity index is 781. The van der Waals surface area contributed by atoms with Gasteiger partial charge in [0.2, 0.25) is 0 Å². The SMILES string of the molecule is COC(=O)c1cc(NC(=O)NCc2ccccc2F)c(F)cc1F. The van der Waals surface area contributed by atoms with Gasteiger partial charge in [-0.3, -0.25) is 0 Å². The zero-order chi connectivity index (χ0) is 17.7. The van der Waals surface area contributed by atoms with Crippen molar-refractivity contribution < 1.29 is 27.5 Å².